The molecular weight excluding hydrogens is 411 g/mol. The number of imidazole rings is 1. The number of benzene rings is 1. The van der Waals surface area contributed by atoms with Gasteiger partial charge < -0.3 is 15.5 Å². The molecule has 0 saturated carbocycles. The minimum Gasteiger partial charge on any atom is -0.405 e. The zero-order valence-corrected chi connectivity index (χ0v) is 16.8. The maximum Gasteiger partial charge on any atom is 0.405 e. The molecule has 2 aromatic heterocycles. The third kappa shape index (κ3) is 4.64. The largest absolute Gasteiger partial charge is 0.405 e. The van der Waals surface area contributed by atoms with Gasteiger partial charge >= 0.3 is 12.2 Å². The quantitative estimate of drug-likeness (QED) is 0.647. The van der Waals surface area contributed by atoms with Crippen LogP contribution in [-0.4, -0.2) is 46.8 Å². The summed E-state index contributed by atoms with van der Waals surface area (Å²) in [6.07, 6.45) is -0.891. The molecule has 0 aliphatic carbocycles. The number of amides is 2. The van der Waals surface area contributed by atoms with Gasteiger partial charge in [0.2, 0.25) is 0 Å². The Morgan fingerprint density at radius 2 is 2.03 bits per heavy atom. The standard InChI is InChI=1S/C21H20F3N5O2/c1-13-11-28(2)31-19(13)15-6-7-29-17(10-25-18(29)9-15)14-4-3-5-16(8-14)27-20(30)26-12-21(22,23)24/h3-10H,11-12H2,1-2H3,(H2,26,27,30). The first-order valence-electron chi connectivity index (χ1n) is 9.48. The second-order valence-corrected chi connectivity index (χ2v) is 7.28. The Hall–Kier alpha value is -3.53. The fourth-order valence-electron chi connectivity index (χ4n) is 3.42. The molecule has 7 nitrogen and oxygen atoms in total. The molecule has 0 radical (unpaired) electrons. The second-order valence-electron chi connectivity index (χ2n) is 7.28. The van der Waals surface area contributed by atoms with Gasteiger partial charge in [-0.2, -0.15) is 13.2 Å². The third-order valence-electron chi connectivity index (χ3n) is 4.74. The van der Waals surface area contributed by atoms with E-state index in [0.29, 0.717) is 11.3 Å². The summed E-state index contributed by atoms with van der Waals surface area (Å²) in [5.41, 5.74) is 4.65. The van der Waals surface area contributed by atoms with Crippen molar-refractivity contribution in [3.05, 3.63) is 59.9 Å². The fourth-order valence-corrected chi connectivity index (χ4v) is 3.42. The molecule has 1 aliphatic rings. The fraction of sp³-hybridized carbons (Fsp3) is 0.238. The van der Waals surface area contributed by atoms with E-state index < -0.39 is 18.8 Å². The molecule has 0 spiro atoms. The number of hydrogen-bond acceptors (Lipinski definition) is 4. The number of halogens is 3. The first-order valence-corrected chi connectivity index (χ1v) is 9.48. The minimum atomic E-state index is -4.47. The Bertz CT molecular complexity index is 1170. The molecular formula is C21H20F3N5O2. The molecule has 0 atom stereocenters. The van der Waals surface area contributed by atoms with Crippen LogP contribution in [0.15, 0.2) is 54.4 Å². The van der Waals surface area contributed by atoms with Crippen molar-refractivity contribution in [1.29, 1.82) is 0 Å². The SMILES string of the molecule is CC1=C(c2ccn3c(-c4cccc(NC(=O)NCC(F)(F)F)c4)cnc3c2)ON(C)C1. The zero-order chi connectivity index (χ0) is 22.2. The van der Waals surface area contributed by atoms with Gasteiger partial charge in [0.1, 0.15) is 12.2 Å². The van der Waals surface area contributed by atoms with Gasteiger partial charge in [0, 0.05) is 30.1 Å². The van der Waals surface area contributed by atoms with Gasteiger partial charge in [-0.1, -0.05) is 12.1 Å². The summed E-state index contributed by atoms with van der Waals surface area (Å²) in [4.78, 5) is 21.9. The van der Waals surface area contributed by atoms with Gasteiger partial charge in [-0.05, 0) is 36.8 Å². The van der Waals surface area contributed by atoms with Gasteiger partial charge in [-0.15, -0.1) is 5.06 Å². The number of likely N-dealkylation sites (N-methyl/N-ethyl adjacent to an activating group) is 1. The normalized spacial score (nSPS) is 14.7. The van der Waals surface area contributed by atoms with Crippen LogP contribution < -0.4 is 10.6 Å². The number of fused-ring (bicyclic) bond motifs is 1. The highest BCUT2D eigenvalue weighted by Gasteiger charge is 2.27. The molecule has 2 amide bonds. The average molecular weight is 431 g/mol. The first-order chi connectivity index (χ1) is 14.7. The molecule has 31 heavy (non-hydrogen) atoms. The summed E-state index contributed by atoms with van der Waals surface area (Å²) in [5, 5.41) is 5.95. The van der Waals surface area contributed by atoms with Crippen molar-refractivity contribution in [2.75, 3.05) is 25.5 Å². The van der Waals surface area contributed by atoms with Crippen LogP contribution in [0.2, 0.25) is 0 Å². The maximum absolute atomic E-state index is 12.3. The van der Waals surface area contributed by atoms with Crippen LogP contribution in [0.25, 0.3) is 22.7 Å². The highest BCUT2D eigenvalue weighted by atomic mass is 19.4. The summed E-state index contributed by atoms with van der Waals surface area (Å²) in [7, 11) is 1.87. The van der Waals surface area contributed by atoms with Crippen molar-refractivity contribution < 1.29 is 22.8 Å². The number of nitrogens with zero attached hydrogens (tertiary/aromatic N) is 3. The van der Waals surface area contributed by atoms with E-state index in [1.165, 1.54) is 0 Å². The number of hydroxylamine groups is 2. The van der Waals surface area contributed by atoms with Gasteiger partial charge in [0.25, 0.3) is 0 Å². The number of alkyl halides is 3. The average Bonchev–Trinajstić information content (AvgIpc) is 3.28. The number of urea groups is 1. The predicted octanol–water partition coefficient (Wildman–Crippen LogP) is 4.29. The minimum absolute atomic E-state index is 0.368. The van der Waals surface area contributed by atoms with Gasteiger partial charge in [0.05, 0.1) is 18.4 Å². The van der Waals surface area contributed by atoms with E-state index in [1.54, 1.807) is 34.8 Å². The summed E-state index contributed by atoms with van der Waals surface area (Å²) >= 11 is 0. The molecule has 10 heteroatoms. The van der Waals surface area contributed by atoms with Crippen LogP contribution in [0.1, 0.15) is 12.5 Å². The Morgan fingerprint density at radius 1 is 1.23 bits per heavy atom. The number of nitrogens with one attached hydrogen (secondary N) is 2. The topological polar surface area (TPSA) is 70.9 Å². The van der Waals surface area contributed by atoms with E-state index in [9.17, 15) is 18.0 Å². The highest BCUT2D eigenvalue weighted by Crippen LogP contribution is 2.29. The lowest BCUT2D eigenvalue weighted by atomic mass is 10.1. The maximum atomic E-state index is 12.3. The molecule has 0 fully saturated rings. The van der Waals surface area contributed by atoms with Crippen molar-refractivity contribution in [3.63, 3.8) is 0 Å². The van der Waals surface area contributed by atoms with Crippen LogP contribution in [-0.2, 0) is 4.84 Å². The molecule has 0 bridgehead atoms. The monoisotopic (exact) mass is 431 g/mol. The van der Waals surface area contributed by atoms with Crippen LogP contribution in [0.4, 0.5) is 23.7 Å². The van der Waals surface area contributed by atoms with Gasteiger partial charge in [-0.3, -0.25) is 4.40 Å². The van der Waals surface area contributed by atoms with Gasteiger partial charge in [0.15, 0.2) is 5.76 Å². The number of carbonyl (C=O) groups excluding carboxylic acids is 1. The molecule has 3 heterocycles. The Kier molecular flexibility index (Phi) is 5.32. The Labute approximate surface area is 176 Å². The van der Waals surface area contributed by atoms with Crippen LogP contribution in [0.5, 0.6) is 0 Å². The smallest absolute Gasteiger partial charge is 0.405 e. The number of aromatic nitrogens is 2. The number of anilines is 1. The predicted molar refractivity (Wildman–Crippen MR) is 110 cm³/mol. The van der Waals surface area contributed by atoms with Crippen molar-refractivity contribution in [1.82, 2.24) is 19.8 Å². The van der Waals surface area contributed by atoms with E-state index in [4.69, 9.17) is 4.84 Å². The zero-order valence-electron chi connectivity index (χ0n) is 16.8. The Morgan fingerprint density at radius 3 is 2.74 bits per heavy atom. The molecule has 162 valence electrons. The van der Waals surface area contributed by atoms with Gasteiger partial charge in [-0.25, -0.2) is 9.78 Å². The number of rotatable bonds is 4. The number of carbonyl (C=O) groups is 1. The number of hydrogen-bond donors (Lipinski definition) is 2. The van der Waals surface area contributed by atoms with Crippen molar-refractivity contribution in [2.24, 2.45) is 0 Å². The molecule has 2 N–H and O–H groups in total. The summed E-state index contributed by atoms with van der Waals surface area (Å²) in [6.45, 7) is 1.35. The lowest BCUT2D eigenvalue weighted by Gasteiger charge is -2.11. The van der Waals surface area contributed by atoms with E-state index in [-0.39, 0.29) is 0 Å². The lowest BCUT2D eigenvalue weighted by molar-refractivity contribution is -0.122. The van der Waals surface area contributed by atoms with Crippen molar-refractivity contribution >= 4 is 23.1 Å². The molecule has 3 aromatic rings. The van der Waals surface area contributed by atoms with Crippen molar-refractivity contribution in [2.45, 2.75) is 13.1 Å². The molecule has 4 rings (SSSR count). The summed E-state index contributed by atoms with van der Waals surface area (Å²) < 4.78 is 38.7. The van der Waals surface area contributed by atoms with Crippen LogP contribution in [0, 0.1) is 0 Å². The number of pyridine rings is 1. The third-order valence-corrected chi connectivity index (χ3v) is 4.74. The lowest BCUT2D eigenvalue weighted by Crippen LogP contribution is -2.36. The van der Waals surface area contributed by atoms with E-state index in [2.05, 4.69) is 10.3 Å². The Balaban J connectivity index is 1.56. The summed E-state index contributed by atoms with van der Waals surface area (Å²) in [6, 6.07) is 9.74. The van der Waals surface area contributed by atoms with E-state index in [1.807, 2.05) is 42.8 Å². The molecule has 0 saturated heterocycles. The van der Waals surface area contributed by atoms with Crippen LogP contribution >= 0.6 is 0 Å². The van der Waals surface area contributed by atoms with E-state index >= 15 is 0 Å². The van der Waals surface area contributed by atoms with E-state index in [0.717, 1.165) is 34.7 Å². The van der Waals surface area contributed by atoms with Crippen molar-refractivity contribution in [3.8, 4) is 11.3 Å². The van der Waals surface area contributed by atoms with Crippen LogP contribution in [0.3, 0.4) is 0 Å². The first kappa shape index (κ1) is 20.7. The molecule has 1 aliphatic heterocycles. The molecule has 1 aromatic carbocycles. The second kappa shape index (κ2) is 7.95. The highest BCUT2D eigenvalue weighted by molar-refractivity contribution is 5.90. The molecule has 0 unspecified atom stereocenters. The summed E-state index contributed by atoms with van der Waals surface area (Å²) in [5.74, 6) is 0.811.